The minimum absolute atomic E-state index is 0.119. The molecule has 0 saturated carbocycles. The second-order valence-electron chi connectivity index (χ2n) is 10.2. The zero-order chi connectivity index (χ0) is 28.5. The Morgan fingerprint density at radius 3 is 2.32 bits per heavy atom. The minimum atomic E-state index is -0.133. The standard InChI is InChI=1S/C34H32N4O2S/c1-22-10-5-6-14-31(22)40-27-17-15-25(16-18-27)38-33(32(36-34(38)41)30-13-7-8-19-35-30)29-20-23(2)37(24(29)3)26-11-9-12-28(21-26)39-4/h5-21,32-33H,1-4H3,(H,36,41)/t32-,33+/m1/s1. The molecule has 1 aliphatic rings. The molecule has 1 aliphatic heterocycles. The Bertz CT molecular complexity index is 1700. The summed E-state index contributed by atoms with van der Waals surface area (Å²) in [6.45, 7) is 6.34. The first kappa shape index (κ1) is 26.6. The van der Waals surface area contributed by atoms with E-state index in [1.165, 1.54) is 5.56 Å². The van der Waals surface area contributed by atoms with Crippen LogP contribution in [0.15, 0.2) is 103 Å². The number of thiocarbonyl (C=S) groups is 1. The molecular weight excluding hydrogens is 528 g/mol. The van der Waals surface area contributed by atoms with Crippen molar-refractivity contribution in [1.82, 2.24) is 14.9 Å². The topological polar surface area (TPSA) is 51.5 Å². The number of anilines is 1. The molecule has 0 bridgehead atoms. The van der Waals surface area contributed by atoms with Gasteiger partial charge < -0.3 is 24.3 Å². The van der Waals surface area contributed by atoms with Crippen LogP contribution in [0.1, 0.15) is 40.3 Å². The molecule has 0 unspecified atom stereocenters. The Morgan fingerprint density at radius 2 is 1.59 bits per heavy atom. The molecule has 3 aromatic carbocycles. The van der Waals surface area contributed by atoms with E-state index < -0.39 is 0 Å². The molecule has 2 atom stereocenters. The number of ether oxygens (including phenoxy) is 2. The number of para-hydroxylation sites is 1. The van der Waals surface area contributed by atoms with Crippen LogP contribution < -0.4 is 19.7 Å². The molecule has 7 heteroatoms. The smallest absolute Gasteiger partial charge is 0.174 e. The van der Waals surface area contributed by atoms with Gasteiger partial charge in [0.05, 0.1) is 24.9 Å². The quantitative estimate of drug-likeness (QED) is 0.205. The number of aromatic nitrogens is 2. The lowest BCUT2D eigenvalue weighted by Gasteiger charge is -2.28. The number of pyridine rings is 1. The fourth-order valence-corrected chi connectivity index (χ4v) is 6.00. The lowest BCUT2D eigenvalue weighted by atomic mass is 9.96. The van der Waals surface area contributed by atoms with E-state index >= 15 is 0 Å². The lowest BCUT2D eigenvalue weighted by molar-refractivity contribution is 0.414. The highest BCUT2D eigenvalue weighted by Crippen LogP contribution is 2.44. The molecule has 0 radical (unpaired) electrons. The van der Waals surface area contributed by atoms with Crippen molar-refractivity contribution in [3.63, 3.8) is 0 Å². The largest absolute Gasteiger partial charge is 0.497 e. The minimum Gasteiger partial charge on any atom is -0.497 e. The van der Waals surface area contributed by atoms with Gasteiger partial charge in [-0.15, -0.1) is 0 Å². The van der Waals surface area contributed by atoms with E-state index in [1.807, 2.05) is 73.8 Å². The molecule has 1 fully saturated rings. The summed E-state index contributed by atoms with van der Waals surface area (Å²) in [5.74, 6) is 2.44. The van der Waals surface area contributed by atoms with Crippen LogP contribution in [0.2, 0.25) is 0 Å². The molecule has 2 aromatic heterocycles. The van der Waals surface area contributed by atoms with Crippen molar-refractivity contribution in [1.29, 1.82) is 0 Å². The lowest BCUT2D eigenvalue weighted by Crippen LogP contribution is -2.29. The van der Waals surface area contributed by atoms with Gasteiger partial charge in [0.1, 0.15) is 17.2 Å². The van der Waals surface area contributed by atoms with Crippen LogP contribution in [-0.2, 0) is 0 Å². The Balaban J connectivity index is 1.42. The first-order valence-electron chi connectivity index (χ1n) is 13.6. The number of rotatable bonds is 7. The summed E-state index contributed by atoms with van der Waals surface area (Å²) in [7, 11) is 1.69. The molecule has 1 N–H and O–H groups in total. The van der Waals surface area contributed by atoms with Crippen LogP contribution in [0, 0.1) is 20.8 Å². The summed E-state index contributed by atoms with van der Waals surface area (Å²) in [6.07, 6.45) is 1.83. The van der Waals surface area contributed by atoms with Crippen molar-refractivity contribution in [3.8, 4) is 22.9 Å². The monoisotopic (exact) mass is 560 g/mol. The van der Waals surface area contributed by atoms with Gasteiger partial charge in [0.2, 0.25) is 0 Å². The molecule has 41 heavy (non-hydrogen) atoms. The van der Waals surface area contributed by atoms with Crippen molar-refractivity contribution in [2.75, 3.05) is 12.0 Å². The maximum Gasteiger partial charge on any atom is 0.174 e. The molecular formula is C34H32N4O2S. The van der Waals surface area contributed by atoms with Gasteiger partial charge in [-0.2, -0.15) is 0 Å². The maximum atomic E-state index is 6.17. The van der Waals surface area contributed by atoms with Gasteiger partial charge in [0, 0.05) is 35.0 Å². The van der Waals surface area contributed by atoms with E-state index in [0.29, 0.717) is 5.11 Å². The van der Waals surface area contributed by atoms with E-state index in [4.69, 9.17) is 26.7 Å². The van der Waals surface area contributed by atoms with Crippen molar-refractivity contribution in [2.45, 2.75) is 32.9 Å². The summed E-state index contributed by atoms with van der Waals surface area (Å²) in [5, 5.41) is 4.23. The third-order valence-electron chi connectivity index (χ3n) is 7.63. The first-order chi connectivity index (χ1) is 19.9. The third-order valence-corrected chi connectivity index (χ3v) is 7.95. The summed E-state index contributed by atoms with van der Waals surface area (Å²) >= 11 is 5.97. The second-order valence-corrected chi connectivity index (χ2v) is 10.6. The van der Waals surface area contributed by atoms with Gasteiger partial charge in [-0.3, -0.25) is 4.98 Å². The van der Waals surface area contributed by atoms with Crippen LogP contribution in [0.25, 0.3) is 5.69 Å². The van der Waals surface area contributed by atoms with Crippen molar-refractivity contribution in [3.05, 3.63) is 131 Å². The molecule has 6 rings (SSSR count). The number of hydrogen-bond donors (Lipinski definition) is 1. The highest BCUT2D eigenvalue weighted by Gasteiger charge is 2.42. The average Bonchev–Trinajstić information content (AvgIpc) is 3.49. The third kappa shape index (κ3) is 5.05. The van der Waals surface area contributed by atoms with Crippen LogP contribution >= 0.6 is 12.2 Å². The molecule has 0 spiro atoms. The van der Waals surface area contributed by atoms with Crippen molar-refractivity contribution >= 4 is 23.0 Å². The van der Waals surface area contributed by atoms with Gasteiger partial charge in [-0.25, -0.2) is 0 Å². The highest BCUT2D eigenvalue weighted by atomic mass is 32.1. The Labute approximate surface area is 246 Å². The predicted molar refractivity (Wildman–Crippen MR) is 167 cm³/mol. The van der Waals surface area contributed by atoms with Gasteiger partial charge in [-0.1, -0.05) is 30.3 Å². The van der Waals surface area contributed by atoms with Crippen LogP contribution in [0.5, 0.6) is 17.2 Å². The van der Waals surface area contributed by atoms with E-state index in [0.717, 1.165) is 51.3 Å². The molecule has 0 aliphatic carbocycles. The number of methoxy groups -OCH3 is 1. The second kappa shape index (κ2) is 11.1. The molecule has 3 heterocycles. The Hall–Kier alpha value is -4.62. The predicted octanol–water partition coefficient (Wildman–Crippen LogP) is 7.78. The van der Waals surface area contributed by atoms with Crippen LogP contribution in [0.4, 0.5) is 5.69 Å². The van der Waals surface area contributed by atoms with Crippen molar-refractivity contribution < 1.29 is 9.47 Å². The maximum absolute atomic E-state index is 6.17. The van der Waals surface area contributed by atoms with E-state index in [-0.39, 0.29) is 12.1 Å². The average molecular weight is 561 g/mol. The van der Waals surface area contributed by atoms with Crippen molar-refractivity contribution in [2.24, 2.45) is 0 Å². The van der Waals surface area contributed by atoms with Gasteiger partial charge >= 0.3 is 0 Å². The van der Waals surface area contributed by atoms with E-state index in [2.05, 4.69) is 65.0 Å². The Kier molecular flexibility index (Phi) is 7.20. The molecule has 206 valence electrons. The SMILES string of the molecule is COc1cccc(-n2c(C)cc([C@H]3[C@@H](c4ccccn4)NC(=S)N3c3ccc(Oc4ccccc4C)cc3)c2C)c1. The Morgan fingerprint density at radius 1 is 0.805 bits per heavy atom. The summed E-state index contributed by atoms with van der Waals surface area (Å²) < 4.78 is 14.0. The van der Waals surface area contributed by atoms with E-state index in [1.54, 1.807) is 7.11 Å². The molecule has 6 nitrogen and oxygen atoms in total. The van der Waals surface area contributed by atoms with Crippen LogP contribution in [-0.4, -0.2) is 21.8 Å². The van der Waals surface area contributed by atoms with E-state index in [9.17, 15) is 0 Å². The zero-order valence-electron chi connectivity index (χ0n) is 23.5. The molecule has 5 aromatic rings. The molecule has 1 saturated heterocycles. The number of hydrogen-bond acceptors (Lipinski definition) is 4. The molecule has 0 amide bonds. The zero-order valence-corrected chi connectivity index (χ0v) is 24.4. The van der Waals surface area contributed by atoms with Gasteiger partial charge in [0.25, 0.3) is 0 Å². The summed E-state index contributed by atoms with van der Waals surface area (Å²) in [5.41, 5.74) is 7.50. The highest BCUT2D eigenvalue weighted by molar-refractivity contribution is 7.80. The van der Waals surface area contributed by atoms with Gasteiger partial charge in [-0.05, 0) is 105 Å². The van der Waals surface area contributed by atoms with Crippen LogP contribution in [0.3, 0.4) is 0 Å². The summed E-state index contributed by atoms with van der Waals surface area (Å²) in [6, 6.07) is 32.3. The normalized spacial score (nSPS) is 16.5. The number of aryl methyl sites for hydroxylation is 2. The number of benzene rings is 3. The fraction of sp³-hybridized carbons (Fsp3) is 0.176. The number of nitrogens with one attached hydrogen (secondary N) is 1. The number of nitrogens with zero attached hydrogens (tertiary/aromatic N) is 3. The van der Waals surface area contributed by atoms with Gasteiger partial charge in [0.15, 0.2) is 5.11 Å². The summed E-state index contributed by atoms with van der Waals surface area (Å²) in [4.78, 5) is 6.91. The first-order valence-corrected chi connectivity index (χ1v) is 14.0. The fourth-order valence-electron chi connectivity index (χ4n) is 5.66.